The third-order valence-electron chi connectivity index (χ3n) is 9.03. The molecule has 1 atom stereocenters. The number of aryl methyl sites for hydroxylation is 1. The van der Waals surface area contributed by atoms with Crippen LogP contribution in [-0.2, 0) is 25.0 Å². The van der Waals surface area contributed by atoms with E-state index in [-0.39, 0.29) is 5.54 Å². The molecule has 3 N–H and O–H groups in total. The van der Waals surface area contributed by atoms with Crippen LogP contribution in [0.15, 0.2) is 127 Å². The van der Waals surface area contributed by atoms with E-state index in [1.807, 2.05) is 6.07 Å². The summed E-state index contributed by atoms with van der Waals surface area (Å²) in [7, 11) is 1.00. The minimum absolute atomic E-state index is 0.374. The number of aliphatic hydroxyl groups excluding tert-OH is 1. The quantitative estimate of drug-likeness (QED) is 0.196. The van der Waals surface area contributed by atoms with Crippen LogP contribution in [0.1, 0.15) is 28.7 Å². The molecule has 1 aliphatic rings. The number of aliphatic hydroxyl groups is 1. The predicted octanol–water partition coefficient (Wildman–Crippen LogP) is 9.41. The van der Waals surface area contributed by atoms with Crippen LogP contribution in [0.3, 0.4) is 0 Å². The molecule has 0 saturated carbocycles. The van der Waals surface area contributed by atoms with Crippen molar-refractivity contribution in [3.8, 4) is 16.2 Å². The monoisotopic (exact) mass is 593 g/mol. The van der Waals surface area contributed by atoms with Crippen molar-refractivity contribution in [1.29, 1.82) is 0 Å². The molecule has 1 unspecified atom stereocenters. The summed E-state index contributed by atoms with van der Waals surface area (Å²) in [6.07, 6.45) is 2.75. The van der Waals surface area contributed by atoms with Gasteiger partial charge in [-0.05, 0) is 85.3 Å². The zero-order valence-corrected chi connectivity index (χ0v) is 25.6. The Morgan fingerprint density at radius 3 is 2.30 bits per heavy atom. The van der Waals surface area contributed by atoms with Crippen LogP contribution >= 0.6 is 11.3 Å². The molecule has 0 saturated heterocycles. The first-order valence-electron chi connectivity index (χ1n) is 15.1. The molecule has 0 spiro atoms. The molecular formula is C40H35NO2S. The first kappa shape index (κ1) is 28.3. The Labute approximate surface area is 262 Å². The highest BCUT2D eigenvalue weighted by molar-refractivity contribution is 7.14. The molecule has 6 aromatic carbocycles. The SMILES string of the molecule is CO.NC1(c2cccc3ccccc23)CCc2c(ccc3c2ccc2c(-c4sccc4OCc4ccccc4)cccc23)C1. The fourth-order valence-corrected chi connectivity index (χ4v) is 7.82. The molecule has 0 fully saturated rings. The lowest BCUT2D eigenvalue weighted by atomic mass is 9.72. The van der Waals surface area contributed by atoms with Crippen molar-refractivity contribution in [1.82, 2.24) is 0 Å². The molecule has 44 heavy (non-hydrogen) atoms. The van der Waals surface area contributed by atoms with Crippen LogP contribution in [0.4, 0.5) is 0 Å². The summed E-state index contributed by atoms with van der Waals surface area (Å²) < 4.78 is 6.31. The number of fused-ring (bicyclic) bond motifs is 6. The van der Waals surface area contributed by atoms with Gasteiger partial charge in [-0.25, -0.2) is 0 Å². The van der Waals surface area contributed by atoms with E-state index in [0.29, 0.717) is 6.61 Å². The molecular weight excluding hydrogens is 559 g/mol. The highest BCUT2D eigenvalue weighted by Gasteiger charge is 2.34. The topological polar surface area (TPSA) is 55.5 Å². The largest absolute Gasteiger partial charge is 0.487 e. The molecule has 1 aromatic heterocycles. The maximum Gasteiger partial charge on any atom is 0.138 e. The normalized spacial score (nSPS) is 16.0. The first-order chi connectivity index (χ1) is 21.7. The predicted molar refractivity (Wildman–Crippen MR) is 186 cm³/mol. The van der Waals surface area contributed by atoms with Crippen molar-refractivity contribution in [2.24, 2.45) is 5.73 Å². The van der Waals surface area contributed by atoms with Gasteiger partial charge in [-0.15, -0.1) is 11.3 Å². The van der Waals surface area contributed by atoms with Gasteiger partial charge in [-0.1, -0.05) is 115 Å². The van der Waals surface area contributed by atoms with Crippen molar-refractivity contribution in [3.63, 3.8) is 0 Å². The van der Waals surface area contributed by atoms with E-state index in [1.165, 1.54) is 65.0 Å². The van der Waals surface area contributed by atoms with Crippen molar-refractivity contribution in [2.45, 2.75) is 31.4 Å². The molecule has 4 heteroatoms. The van der Waals surface area contributed by atoms with Gasteiger partial charge < -0.3 is 15.6 Å². The Kier molecular flexibility index (Phi) is 7.65. The molecule has 0 bridgehead atoms. The van der Waals surface area contributed by atoms with Gasteiger partial charge in [0.1, 0.15) is 12.4 Å². The molecule has 3 nitrogen and oxygen atoms in total. The molecule has 1 aliphatic carbocycles. The number of thiophene rings is 1. The highest BCUT2D eigenvalue weighted by Crippen LogP contribution is 2.44. The Bertz CT molecular complexity index is 2090. The standard InChI is InChI=1S/C39H31NOS.CH4O/c40-39(36-15-6-11-27-10-4-5-12-30(27)36)22-20-29-28(24-39)16-17-33-31-13-7-14-35(34(31)19-18-32(29)33)38-37(21-23-42-38)41-25-26-8-2-1-3-9-26;1-2/h1-19,21,23H,20,22,24-25,40H2;2H,1H3. The lowest BCUT2D eigenvalue weighted by Gasteiger charge is -2.36. The van der Waals surface area contributed by atoms with E-state index >= 15 is 0 Å². The Morgan fingerprint density at radius 1 is 0.705 bits per heavy atom. The summed E-state index contributed by atoms with van der Waals surface area (Å²) in [4.78, 5) is 1.18. The third kappa shape index (κ3) is 4.95. The van der Waals surface area contributed by atoms with Crippen LogP contribution in [0, 0.1) is 0 Å². The van der Waals surface area contributed by atoms with Crippen LogP contribution in [-0.4, -0.2) is 12.2 Å². The summed E-state index contributed by atoms with van der Waals surface area (Å²) in [6.45, 7) is 0.561. The second-order valence-corrected chi connectivity index (χ2v) is 12.4. The lowest BCUT2D eigenvalue weighted by molar-refractivity contribution is 0.309. The summed E-state index contributed by atoms with van der Waals surface area (Å²) >= 11 is 1.74. The number of rotatable bonds is 5. The van der Waals surface area contributed by atoms with Crippen LogP contribution in [0.2, 0.25) is 0 Å². The molecule has 218 valence electrons. The summed E-state index contributed by atoms with van der Waals surface area (Å²) in [6, 6.07) is 43.6. The minimum atomic E-state index is -0.374. The summed E-state index contributed by atoms with van der Waals surface area (Å²) in [5.74, 6) is 0.939. The van der Waals surface area contributed by atoms with Crippen molar-refractivity contribution in [3.05, 3.63) is 149 Å². The molecule has 8 rings (SSSR count). The lowest BCUT2D eigenvalue weighted by Crippen LogP contribution is -2.42. The molecule has 7 aromatic rings. The van der Waals surface area contributed by atoms with Crippen LogP contribution in [0.5, 0.6) is 5.75 Å². The van der Waals surface area contributed by atoms with E-state index in [0.717, 1.165) is 32.1 Å². The fraction of sp³-hybridized carbons (Fsp3) is 0.150. The van der Waals surface area contributed by atoms with Gasteiger partial charge >= 0.3 is 0 Å². The minimum Gasteiger partial charge on any atom is -0.487 e. The number of benzene rings is 6. The second-order valence-electron chi connectivity index (χ2n) is 11.5. The maximum atomic E-state index is 7.24. The van der Waals surface area contributed by atoms with Crippen LogP contribution < -0.4 is 10.5 Å². The Balaban J connectivity index is 0.00000153. The molecule has 0 aliphatic heterocycles. The van der Waals surface area contributed by atoms with Crippen LogP contribution in [0.25, 0.3) is 42.8 Å². The third-order valence-corrected chi connectivity index (χ3v) is 9.96. The van der Waals surface area contributed by atoms with Gasteiger partial charge in [0.25, 0.3) is 0 Å². The average molecular weight is 594 g/mol. The summed E-state index contributed by atoms with van der Waals surface area (Å²) in [5.41, 5.74) is 13.3. The summed E-state index contributed by atoms with van der Waals surface area (Å²) in [5, 5.41) is 16.9. The van der Waals surface area contributed by atoms with Gasteiger partial charge in [0.05, 0.1) is 4.88 Å². The Hall–Kier alpha value is -4.48. The number of ether oxygens (including phenoxy) is 1. The first-order valence-corrected chi connectivity index (χ1v) is 16.0. The maximum absolute atomic E-state index is 7.24. The smallest absolute Gasteiger partial charge is 0.138 e. The van der Waals surface area contributed by atoms with Gasteiger partial charge in [0, 0.05) is 18.2 Å². The average Bonchev–Trinajstić information content (AvgIpc) is 3.56. The molecule has 0 amide bonds. The fourth-order valence-electron chi connectivity index (χ4n) is 6.95. The number of hydrogen-bond acceptors (Lipinski definition) is 4. The highest BCUT2D eigenvalue weighted by atomic mass is 32.1. The van der Waals surface area contributed by atoms with E-state index < -0.39 is 0 Å². The Morgan fingerprint density at radius 2 is 1.41 bits per heavy atom. The zero-order valence-electron chi connectivity index (χ0n) is 24.8. The van der Waals surface area contributed by atoms with Crippen molar-refractivity contribution >= 4 is 43.7 Å². The molecule has 0 radical (unpaired) electrons. The number of nitrogens with two attached hydrogens (primary N) is 1. The number of hydrogen-bond donors (Lipinski definition) is 2. The zero-order chi connectivity index (χ0) is 30.1. The second kappa shape index (κ2) is 11.9. The molecule has 1 heterocycles. The van der Waals surface area contributed by atoms with E-state index in [4.69, 9.17) is 15.6 Å². The van der Waals surface area contributed by atoms with E-state index in [9.17, 15) is 0 Å². The van der Waals surface area contributed by atoms with Gasteiger partial charge in [-0.3, -0.25) is 0 Å². The van der Waals surface area contributed by atoms with Crippen molar-refractivity contribution in [2.75, 3.05) is 7.11 Å². The van der Waals surface area contributed by atoms with Crippen molar-refractivity contribution < 1.29 is 9.84 Å². The van der Waals surface area contributed by atoms with E-state index in [2.05, 4.69) is 121 Å². The van der Waals surface area contributed by atoms with Gasteiger partial charge in [0.15, 0.2) is 0 Å². The van der Waals surface area contributed by atoms with Gasteiger partial charge in [0.2, 0.25) is 0 Å². The van der Waals surface area contributed by atoms with E-state index in [1.54, 1.807) is 11.3 Å². The van der Waals surface area contributed by atoms with Gasteiger partial charge in [-0.2, -0.15) is 0 Å².